The maximum atomic E-state index is 13.6. The first-order chi connectivity index (χ1) is 8.61. The Morgan fingerprint density at radius 2 is 1.89 bits per heavy atom. The van der Waals surface area contributed by atoms with Crippen molar-refractivity contribution >= 4 is 11.4 Å². The summed E-state index contributed by atoms with van der Waals surface area (Å²) in [5, 5.41) is 3.06. The van der Waals surface area contributed by atoms with Gasteiger partial charge >= 0.3 is 0 Å². The number of hydrogen-bond acceptors (Lipinski definition) is 2. The quantitative estimate of drug-likeness (QED) is 0.802. The number of rotatable bonds is 3. The minimum Gasteiger partial charge on any atom is -0.397 e. The van der Waals surface area contributed by atoms with E-state index in [0.29, 0.717) is 0 Å². The molecule has 1 aliphatic rings. The van der Waals surface area contributed by atoms with Gasteiger partial charge in [0.2, 0.25) is 0 Å². The molecule has 0 unspecified atom stereocenters. The van der Waals surface area contributed by atoms with Crippen LogP contribution in [0.25, 0.3) is 0 Å². The minimum atomic E-state index is -0.868. The van der Waals surface area contributed by atoms with Crippen LogP contribution < -0.4 is 11.1 Å². The Balaban J connectivity index is 2.04. The predicted octanol–water partition coefficient (Wildman–Crippen LogP) is 3.93. The molecule has 1 aliphatic carbocycles. The Morgan fingerprint density at radius 3 is 2.50 bits per heavy atom. The molecule has 0 atom stereocenters. The number of nitrogen functional groups attached to an aromatic ring is 1. The highest BCUT2D eigenvalue weighted by molar-refractivity contribution is 5.67. The molecule has 2 nitrogen and oxygen atoms in total. The van der Waals surface area contributed by atoms with E-state index in [1.54, 1.807) is 0 Å². The Bertz CT molecular complexity index is 413. The van der Waals surface area contributed by atoms with Crippen molar-refractivity contribution in [3.63, 3.8) is 0 Å². The molecule has 0 aromatic heterocycles. The van der Waals surface area contributed by atoms with Gasteiger partial charge in [-0.2, -0.15) is 0 Å². The van der Waals surface area contributed by atoms with Crippen LogP contribution in [0.4, 0.5) is 20.2 Å². The molecule has 100 valence electrons. The summed E-state index contributed by atoms with van der Waals surface area (Å²) in [5.41, 5.74) is 6.08. The molecule has 0 radical (unpaired) electrons. The van der Waals surface area contributed by atoms with Gasteiger partial charge in [-0.25, -0.2) is 8.78 Å². The molecule has 2 rings (SSSR count). The van der Waals surface area contributed by atoms with Crippen molar-refractivity contribution in [2.24, 2.45) is 5.92 Å². The third-order valence-electron chi connectivity index (χ3n) is 3.90. The summed E-state index contributed by atoms with van der Waals surface area (Å²) in [6, 6.07) is 2.66. The summed E-state index contributed by atoms with van der Waals surface area (Å²) < 4.78 is 26.8. The third-order valence-corrected chi connectivity index (χ3v) is 3.90. The van der Waals surface area contributed by atoms with Crippen LogP contribution in [0, 0.1) is 17.6 Å². The number of benzene rings is 1. The fourth-order valence-electron chi connectivity index (χ4n) is 2.63. The van der Waals surface area contributed by atoms with E-state index < -0.39 is 11.6 Å². The molecular formula is C14H20F2N2. The largest absolute Gasteiger partial charge is 0.397 e. The van der Waals surface area contributed by atoms with E-state index >= 15 is 0 Å². The SMILES string of the molecule is CCC1CCC(Nc2c(N)ccc(F)c2F)CC1. The molecule has 1 aromatic rings. The maximum absolute atomic E-state index is 13.6. The molecule has 3 N–H and O–H groups in total. The summed E-state index contributed by atoms with van der Waals surface area (Å²) in [7, 11) is 0. The average molecular weight is 254 g/mol. The lowest BCUT2D eigenvalue weighted by molar-refractivity contribution is 0.329. The fraction of sp³-hybridized carbons (Fsp3) is 0.571. The van der Waals surface area contributed by atoms with Gasteiger partial charge in [-0.05, 0) is 43.7 Å². The van der Waals surface area contributed by atoms with Crippen molar-refractivity contribution in [3.05, 3.63) is 23.8 Å². The first-order valence-electron chi connectivity index (χ1n) is 6.61. The van der Waals surface area contributed by atoms with E-state index in [9.17, 15) is 8.78 Å². The molecule has 0 spiro atoms. The van der Waals surface area contributed by atoms with Crippen LogP contribution >= 0.6 is 0 Å². The van der Waals surface area contributed by atoms with Gasteiger partial charge in [0.05, 0.1) is 11.4 Å². The van der Waals surface area contributed by atoms with Gasteiger partial charge in [0, 0.05) is 6.04 Å². The first kappa shape index (κ1) is 13.1. The predicted molar refractivity (Wildman–Crippen MR) is 70.4 cm³/mol. The van der Waals surface area contributed by atoms with Crippen LogP contribution in [0.15, 0.2) is 12.1 Å². The molecule has 0 bridgehead atoms. The van der Waals surface area contributed by atoms with Crippen molar-refractivity contribution in [1.82, 2.24) is 0 Å². The van der Waals surface area contributed by atoms with Gasteiger partial charge in [-0.1, -0.05) is 13.3 Å². The third kappa shape index (κ3) is 2.74. The Labute approximate surface area is 107 Å². The van der Waals surface area contributed by atoms with Gasteiger partial charge < -0.3 is 11.1 Å². The number of halogens is 2. The summed E-state index contributed by atoms with van der Waals surface area (Å²) in [4.78, 5) is 0. The van der Waals surface area contributed by atoms with Crippen LogP contribution in [0.5, 0.6) is 0 Å². The fourth-order valence-corrected chi connectivity index (χ4v) is 2.63. The molecule has 0 saturated heterocycles. The van der Waals surface area contributed by atoms with Gasteiger partial charge in [0.25, 0.3) is 0 Å². The summed E-state index contributed by atoms with van der Waals surface area (Å²) in [6.45, 7) is 2.20. The number of anilines is 2. The Morgan fingerprint density at radius 1 is 1.22 bits per heavy atom. The topological polar surface area (TPSA) is 38.0 Å². The maximum Gasteiger partial charge on any atom is 0.183 e. The van der Waals surface area contributed by atoms with E-state index in [1.165, 1.54) is 12.5 Å². The zero-order valence-electron chi connectivity index (χ0n) is 10.7. The van der Waals surface area contributed by atoms with E-state index in [-0.39, 0.29) is 17.4 Å². The molecular weight excluding hydrogens is 234 g/mol. The zero-order chi connectivity index (χ0) is 13.1. The van der Waals surface area contributed by atoms with Crippen LogP contribution in [-0.4, -0.2) is 6.04 Å². The van der Waals surface area contributed by atoms with E-state index in [0.717, 1.165) is 37.7 Å². The second-order valence-corrected chi connectivity index (χ2v) is 5.10. The lowest BCUT2D eigenvalue weighted by atomic mass is 9.84. The molecule has 18 heavy (non-hydrogen) atoms. The van der Waals surface area contributed by atoms with E-state index in [4.69, 9.17) is 5.73 Å². The number of nitrogens with two attached hydrogens (primary N) is 1. The summed E-state index contributed by atoms with van der Waals surface area (Å²) >= 11 is 0. The van der Waals surface area contributed by atoms with Crippen molar-refractivity contribution in [1.29, 1.82) is 0 Å². The van der Waals surface area contributed by atoms with Crippen LogP contribution in [0.2, 0.25) is 0 Å². The van der Waals surface area contributed by atoms with Crippen LogP contribution in [0.1, 0.15) is 39.0 Å². The molecule has 1 fully saturated rings. The van der Waals surface area contributed by atoms with Gasteiger partial charge in [-0.15, -0.1) is 0 Å². The van der Waals surface area contributed by atoms with Gasteiger partial charge in [-0.3, -0.25) is 0 Å². The molecule has 4 heteroatoms. The molecule has 1 saturated carbocycles. The van der Waals surface area contributed by atoms with Gasteiger partial charge in [0.15, 0.2) is 11.6 Å². The lowest BCUT2D eigenvalue weighted by Gasteiger charge is -2.29. The van der Waals surface area contributed by atoms with E-state index in [1.807, 2.05) is 0 Å². The number of hydrogen-bond donors (Lipinski definition) is 2. The van der Waals surface area contributed by atoms with Crippen molar-refractivity contribution in [2.75, 3.05) is 11.1 Å². The van der Waals surface area contributed by atoms with E-state index in [2.05, 4.69) is 12.2 Å². The second kappa shape index (κ2) is 5.55. The standard InChI is InChI=1S/C14H20F2N2/c1-2-9-3-5-10(6-4-9)18-14-12(17)8-7-11(15)13(14)16/h7-10,18H,2-6,17H2,1H3. The van der Waals surface area contributed by atoms with Crippen LogP contribution in [-0.2, 0) is 0 Å². The van der Waals surface area contributed by atoms with Crippen molar-refractivity contribution in [3.8, 4) is 0 Å². The molecule has 1 aromatic carbocycles. The first-order valence-corrected chi connectivity index (χ1v) is 6.61. The molecule has 0 aliphatic heterocycles. The lowest BCUT2D eigenvalue weighted by Crippen LogP contribution is -2.27. The van der Waals surface area contributed by atoms with Crippen molar-refractivity contribution in [2.45, 2.75) is 45.1 Å². The molecule has 0 amide bonds. The zero-order valence-corrected chi connectivity index (χ0v) is 10.7. The minimum absolute atomic E-state index is 0.120. The summed E-state index contributed by atoms with van der Waals surface area (Å²) in [6.07, 6.45) is 5.47. The molecule has 0 heterocycles. The average Bonchev–Trinajstić information content (AvgIpc) is 2.40. The monoisotopic (exact) mass is 254 g/mol. The summed E-state index contributed by atoms with van der Waals surface area (Å²) in [5.74, 6) is -0.945. The highest BCUT2D eigenvalue weighted by atomic mass is 19.2. The highest BCUT2D eigenvalue weighted by Gasteiger charge is 2.22. The highest BCUT2D eigenvalue weighted by Crippen LogP contribution is 2.31. The Kier molecular flexibility index (Phi) is 4.04. The number of nitrogens with one attached hydrogen (secondary N) is 1. The second-order valence-electron chi connectivity index (χ2n) is 5.10. The van der Waals surface area contributed by atoms with Crippen LogP contribution in [0.3, 0.4) is 0 Å². The normalized spacial score (nSPS) is 23.9. The Hall–Kier alpha value is -1.32. The van der Waals surface area contributed by atoms with Crippen molar-refractivity contribution < 1.29 is 8.78 Å². The smallest absolute Gasteiger partial charge is 0.183 e. The van der Waals surface area contributed by atoms with Gasteiger partial charge in [0.1, 0.15) is 0 Å².